The Bertz CT molecular complexity index is 726. The van der Waals surface area contributed by atoms with Crippen LogP contribution < -0.4 is 21.3 Å². The van der Waals surface area contributed by atoms with Crippen molar-refractivity contribution >= 4 is 35.6 Å². The number of hydrogen-bond donors (Lipinski definition) is 6. The zero-order chi connectivity index (χ0) is 26.3. The summed E-state index contributed by atoms with van der Waals surface area (Å²) in [5.74, 6) is -4.67. The van der Waals surface area contributed by atoms with Gasteiger partial charge in [-0.05, 0) is 25.7 Å². The number of rotatable bonds is 16. The third-order valence-corrected chi connectivity index (χ3v) is 4.63. The van der Waals surface area contributed by atoms with Crippen molar-refractivity contribution in [2.45, 2.75) is 53.4 Å². The molecule has 0 aliphatic rings. The first-order valence-corrected chi connectivity index (χ1v) is 11.1. The van der Waals surface area contributed by atoms with E-state index in [0.717, 1.165) is 0 Å². The Morgan fingerprint density at radius 2 is 0.912 bits per heavy atom. The van der Waals surface area contributed by atoms with Gasteiger partial charge in [-0.1, -0.05) is 27.7 Å². The van der Waals surface area contributed by atoms with Crippen LogP contribution in [0.3, 0.4) is 0 Å². The molecule has 0 saturated carbocycles. The second kappa shape index (κ2) is 16.2. The number of hydrogen-bond acceptors (Lipinski definition) is 6. The van der Waals surface area contributed by atoms with Crippen LogP contribution in [0.15, 0.2) is 11.1 Å². The summed E-state index contributed by atoms with van der Waals surface area (Å²) in [6, 6.07) is 0. The summed E-state index contributed by atoms with van der Waals surface area (Å²) >= 11 is 0. The fourth-order valence-electron chi connectivity index (χ4n) is 2.63. The molecule has 0 rings (SSSR count). The maximum atomic E-state index is 11.7. The van der Waals surface area contributed by atoms with Crippen LogP contribution in [-0.4, -0.2) is 72.0 Å². The zero-order valence-corrected chi connectivity index (χ0v) is 20.2. The lowest BCUT2D eigenvalue weighted by atomic mass is 9.99. The molecule has 0 aromatic carbocycles. The molecule has 0 spiro atoms. The van der Waals surface area contributed by atoms with Gasteiger partial charge in [-0.25, -0.2) is 9.59 Å². The molecule has 192 valence electrons. The van der Waals surface area contributed by atoms with E-state index in [1.807, 2.05) is 0 Å². The zero-order valence-electron chi connectivity index (χ0n) is 20.2. The molecule has 0 radical (unpaired) electrons. The van der Waals surface area contributed by atoms with E-state index >= 15 is 0 Å². The van der Waals surface area contributed by atoms with Crippen molar-refractivity contribution < 1.29 is 39.0 Å². The van der Waals surface area contributed by atoms with Crippen molar-refractivity contribution in [1.82, 2.24) is 21.3 Å². The molecule has 12 nitrogen and oxygen atoms in total. The second-order valence-electron chi connectivity index (χ2n) is 8.22. The van der Waals surface area contributed by atoms with Gasteiger partial charge in [0.1, 0.15) is 0 Å². The molecule has 4 amide bonds. The van der Waals surface area contributed by atoms with Crippen molar-refractivity contribution in [2.24, 2.45) is 11.8 Å². The first kappa shape index (κ1) is 30.6. The van der Waals surface area contributed by atoms with Gasteiger partial charge in [-0.3, -0.25) is 19.2 Å². The van der Waals surface area contributed by atoms with Crippen molar-refractivity contribution in [1.29, 1.82) is 0 Å². The largest absolute Gasteiger partial charge is 0.478 e. The minimum absolute atomic E-state index is 0.0802. The van der Waals surface area contributed by atoms with Crippen LogP contribution in [0.25, 0.3) is 0 Å². The Kier molecular flexibility index (Phi) is 14.6. The molecule has 34 heavy (non-hydrogen) atoms. The van der Waals surface area contributed by atoms with E-state index in [4.69, 9.17) is 0 Å². The number of carboxylic acids is 2. The fourth-order valence-corrected chi connectivity index (χ4v) is 2.63. The van der Waals surface area contributed by atoms with E-state index in [-0.39, 0.29) is 86.7 Å². The van der Waals surface area contributed by atoms with Crippen molar-refractivity contribution in [3.8, 4) is 0 Å². The quantitative estimate of drug-likeness (QED) is 0.128. The summed E-state index contributed by atoms with van der Waals surface area (Å²) in [5, 5.41) is 28.9. The number of aliphatic carboxylic acids is 2. The molecule has 0 fully saturated rings. The highest BCUT2D eigenvalue weighted by molar-refractivity contribution is 5.98. The standard InChI is InChI=1S/C22H36N4O8/c1-13(2)19(29)25-11-17(27)23-9-5-7-15(21(31)32)16(22(33)34)8-6-10-24-18(28)12-26-20(30)14(3)4/h13-14H,5-12H2,1-4H3,(H,23,27)(H,24,28)(H,25,29)(H,26,30)(H,31,32)(H,33,34). The monoisotopic (exact) mass is 484 g/mol. The summed E-state index contributed by atoms with van der Waals surface area (Å²) < 4.78 is 0. The molecule has 0 aromatic rings. The van der Waals surface area contributed by atoms with Crippen LogP contribution in [0.1, 0.15) is 53.4 Å². The lowest BCUT2D eigenvalue weighted by Crippen LogP contribution is -2.39. The van der Waals surface area contributed by atoms with E-state index in [9.17, 15) is 39.0 Å². The molecule has 0 aromatic heterocycles. The van der Waals surface area contributed by atoms with Gasteiger partial charge in [-0.2, -0.15) is 0 Å². The minimum atomic E-state index is -1.37. The van der Waals surface area contributed by atoms with Crippen LogP contribution in [-0.2, 0) is 28.8 Å². The van der Waals surface area contributed by atoms with E-state index in [1.54, 1.807) is 27.7 Å². The lowest BCUT2D eigenvalue weighted by Gasteiger charge is -2.11. The Morgan fingerprint density at radius 3 is 1.18 bits per heavy atom. The fraction of sp³-hybridized carbons (Fsp3) is 0.636. The average molecular weight is 485 g/mol. The summed E-state index contributed by atoms with van der Waals surface area (Å²) in [4.78, 5) is 69.6. The third-order valence-electron chi connectivity index (χ3n) is 4.63. The van der Waals surface area contributed by atoms with Gasteiger partial charge < -0.3 is 31.5 Å². The van der Waals surface area contributed by atoms with Gasteiger partial charge in [0.05, 0.1) is 13.1 Å². The van der Waals surface area contributed by atoms with E-state index in [0.29, 0.717) is 0 Å². The first-order valence-electron chi connectivity index (χ1n) is 11.1. The molecular formula is C22H36N4O8. The average Bonchev–Trinajstić information content (AvgIpc) is 2.75. The second-order valence-corrected chi connectivity index (χ2v) is 8.22. The number of nitrogens with one attached hydrogen (secondary N) is 4. The number of carboxylic acid groups (broad SMARTS) is 2. The highest BCUT2D eigenvalue weighted by Crippen LogP contribution is 2.17. The van der Waals surface area contributed by atoms with Gasteiger partial charge in [0.2, 0.25) is 23.6 Å². The Labute approximate surface area is 198 Å². The number of carbonyl (C=O) groups excluding carboxylic acids is 4. The van der Waals surface area contributed by atoms with Crippen LogP contribution in [0, 0.1) is 11.8 Å². The predicted octanol–water partition coefficient (Wildman–Crippen LogP) is -0.211. The van der Waals surface area contributed by atoms with Gasteiger partial charge in [0.15, 0.2) is 0 Å². The maximum absolute atomic E-state index is 11.7. The normalized spacial score (nSPS) is 11.5. The molecule has 12 heteroatoms. The molecule has 0 saturated heterocycles. The molecule has 0 atom stereocenters. The van der Waals surface area contributed by atoms with Crippen LogP contribution in [0.5, 0.6) is 0 Å². The van der Waals surface area contributed by atoms with E-state index < -0.39 is 23.8 Å². The van der Waals surface area contributed by atoms with Crippen molar-refractivity contribution in [3.63, 3.8) is 0 Å². The smallest absolute Gasteiger partial charge is 0.332 e. The third kappa shape index (κ3) is 13.2. The molecular weight excluding hydrogens is 448 g/mol. The van der Waals surface area contributed by atoms with Gasteiger partial charge in [0.25, 0.3) is 0 Å². The SMILES string of the molecule is CC(C)C(=O)NCC(=O)NCCCC(C(=O)O)=C(CCCNC(=O)CNC(=O)C(C)C)C(=O)O. The highest BCUT2D eigenvalue weighted by atomic mass is 16.4. The lowest BCUT2D eigenvalue weighted by molar-refractivity contribution is -0.136. The molecule has 0 bridgehead atoms. The van der Waals surface area contributed by atoms with E-state index in [2.05, 4.69) is 21.3 Å². The van der Waals surface area contributed by atoms with Gasteiger partial charge >= 0.3 is 11.9 Å². The number of amides is 4. The minimum Gasteiger partial charge on any atom is -0.478 e. The van der Waals surface area contributed by atoms with Gasteiger partial charge in [0, 0.05) is 36.1 Å². The molecule has 0 aliphatic heterocycles. The Balaban J connectivity index is 4.62. The maximum Gasteiger partial charge on any atom is 0.332 e. The Hall–Kier alpha value is -3.44. The van der Waals surface area contributed by atoms with Gasteiger partial charge in [-0.15, -0.1) is 0 Å². The van der Waals surface area contributed by atoms with Crippen LogP contribution in [0.4, 0.5) is 0 Å². The Morgan fingerprint density at radius 1 is 0.588 bits per heavy atom. The van der Waals surface area contributed by atoms with Crippen LogP contribution in [0.2, 0.25) is 0 Å². The summed E-state index contributed by atoms with van der Waals surface area (Å²) in [6.07, 6.45) is 0.218. The van der Waals surface area contributed by atoms with Crippen molar-refractivity contribution in [2.75, 3.05) is 26.2 Å². The molecule has 0 unspecified atom stereocenters. The molecule has 0 heterocycles. The molecule has 6 N–H and O–H groups in total. The van der Waals surface area contributed by atoms with Crippen molar-refractivity contribution in [3.05, 3.63) is 11.1 Å². The van der Waals surface area contributed by atoms with Crippen LogP contribution >= 0.6 is 0 Å². The molecule has 0 aliphatic carbocycles. The summed E-state index contributed by atoms with van der Waals surface area (Å²) in [6.45, 7) is 6.57. The number of carbonyl (C=O) groups is 6. The predicted molar refractivity (Wildman–Crippen MR) is 122 cm³/mol. The first-order chi connectivity index (χ1) is 15.9. The van der Waals surface area contributed by atoms with E-state index in [1.165, 1.54) is 0 Å². The highest BCUT2D eigenvalue weighted by Gasteiger charge is 2.20. The topological polar surface area (TPSA) is 191 Å². The summed E-state index contributed by atoms with van der Waals surface area (Å²) in [7, 11) is 0. The summed E-state index contributed by atoms with van der Waals surface area (Å²) in [5.41, 5.74) is -0.546.